The van der Waals surface area contributed by atoms with Crippen LogP contribution in [0, 0.1) is 0 Å². The number of carboxylic acid groups (broad SMARTS) is 1. The Morgan fingerprint density at radius 3 is 2.59 bits per heavy atom. The molecule has 0 aliphatic heterocycles. The van der Waals surface area contributed by atoms with E-state index in [-0.39, 0.29) is 25.0 Å². The van der Waals surface area contributed by atoms with E-state index in [2.05, 4.69) is 0 Å². The first-order valence-corrected chi connectivity index (χ1v) is 7.09. The lowest BCUT2D eigenvalue weighted by Crippen LogP contribution is -2.30. The summed E-state index contributed by atoms with van der Waals surface area (Å²) in [5, 5.41) is 8.64. The van der Waals surface area contributed by atoms with E-state index in [0.717, 1.165) is 5.56 Å². The Morgan fingerprint density at radius 1 is 1.32 bits per heavy atom. The van der Waals surface area contributed by atoms with E-state index in [0.29, 0.717) is 5.75 Å². The Hall–Kier alpha value is -2.08. The minimum Gasteiger partial charge on any atom is -0.488 e. The van der Waals surface area contributed by atoms with E-state index in [4.69, 9.17) is 20.3 Å². The standard InChI is InChI=1S/C16H23NO5/c1-16(2,3)22-12-6-4-5-11(9-12)10-21-14(18)8-7-13(17)15(19)20/h4-6,9,13H,7-8,10,17H2,1-3H3,(H,19,20)/t13-/m0/s1. The Bertz CT molecular complexity index is 522. The highest BCUT2D eigenvalue weighted by Crippen LogP contribution is 2.19. The summed E-state index contributed by atoms with van der Waals surface area (Å²) < 4.78 is 10.8. The second kappa shape index (κ2) is 7.79. The monoisotopic (exact) mass is 309 g/mol. The zero-order chi connectivity index (χ0) is 16.8. The quantitative estimate of drug-likeness (QED) is 0.748. The minimum absolute atomic E-state index is 0.0222. The van der Waals surface area contributed by atoms with Gasteiger partial charge in [-0.3, -0.25) is 9.59 Å². The van der Waals surface area contributed by atoms with Gasteiger partial charge in [-0.05, 0) is 44.9 Å². The van der Waals surface area contributed by atoms with Crippen molar-refractivity contribution in [3.8, 4) is 5.75 Å². The SMILES string of the molecule is CC(C)(C)Oc1cccc(COC(=O)CC[C@H](N)C(=O)O)c1. The number of aliphatic carboxylic acids is 1. The van der Waals surface area contributed by atoms with Crippen molar-refractivity contribution in [2.45, 2.75) is 51.9 Å². The van der Waals surface area contributed by atoms with Crippen molar-refractivity contribution in [3.63, 3.8) is 0 Å². The fourth-order valence-electron chi connectivity index (χ4n) is 1.69. The smallest absolute Gasteiger partial charge is 0.320 e. The van der Waals surface area contributed by atoms with Gasteiger partial charge in [-0.1, -0.05) is 12.1 Å². The molecule has 0 saturated carbocycles. The number of ether oxygens (including phenoxy) is 2. The number of nitrogens with two attached hydrogens (primary N) is 1. The normalized spacial score (nSPS) is 12.5. The molecule has 0 radical (unpaired) electrons. The lowest BCUT2D eigenvalue weighted by molar-refractivity contribution is -0.145. The summed E-state index contributed by atoms with van der Waals surface area (Å²) in [7, 11) is 0. The topological polar surface area (TPSA) is 98.9 Å². The van der Waals surface area contributed by atoms with E-state index < -0.39 is 18.0 Å². The minimum atomic E-state index is -1.13. The van der Waals surface area contributed by atoms with Crippen LogP contribution in [0.15, 0.2) is 24.3 Å². The van der Waals surface area contributed by atoms with Gasteiger partial charge < -0.3 is 20.3 Å². The van der Waals surface area contributed by atoms with Crippen LogP contribution in [0.5, 0.6) is 5.75 Å². The van der Waals surface area contributed by atoms with Crippen LogP contribution >= 0.6 is 0 Å². The van der Waals surface area contributed by atoms with Gasteiger partial charge in [0.1, 0.15) is 24.0 Å². The average molecular weight is 309 g/mol. The molecule has 0 aromatic heterocycles. The molecule has 1 rings (SSSR count). The lowest BCUT2D eigenvalue weighted by Gasteiger charge is -2.21. The largest absolute Gasteiger partial charge is 0.488 e. The van der Waals surface area contributed by atoms with Gasteiger partial charge in [0.05, 0.1) is 0 Å². The molecule has 0 bridgehead atoms. The number of esters is 1. The van der Waals surface area contributed by atoms with E-state index >= 15 is 0 Å². The fourth-order valence-corrected chi connectivity index (χ4v) is 1.69. The first kappa shape index (κ1) is 18.0. The first-order chi connectivity index (χ1) is 10.2. The third-order valence-electron chi connectivity index (χ3n) is 2.70. The Morgan fingerprint density at radius 2 is 2.00 bits per heavy atom. The van der Waals surface area contributed by atoms with Gasteiger partial charge in [0, 0.05) is 6.42 Å². The summed E-state index contributed by atoms with van der Waals surface area (Å²) >= 11 is 0. The van der Waals surface area contributed by atoms with Crippen LogP contribution in [0.2, 0.25) is 0 Å². The van der Waals surface area contributed by atoms with Crippen molar-refractivity contribution in [2.24, 2.45) is 5.73 Å². The summed E-state index contributed by atoms with van der Waals surface area (Å²) in [5.41, 5.74) is 5.83. The Labute approximate surface area is 130 Å². The maximum Gasteiger partial charge on any atom is 0.320 e. The van der Waals surface area contributed by atoms with Crippen LogP contribution in [-0.4, -0.2) is 28.7 Å². The third kappa shape index (κ3) is 7.08. The Balaban J connectivity index is 2.46. The summed E-state index contributed by atoms with van der Waals surface area (Å²) in [6.45, 7) is 5.96. The van der Waals surface area contributed by atoms with Gasteiger partial charge in [0.15, 0.2) is 0 Å². The summed E-state index contributed by atoms with van der Waals surface area (Å²) in [4.78, 5) is 22.1. The van der Waals surface area contributed by atoms with Crippen molar-refractivity contribution in [1.29, 1.82) is 0 Å². The molecule has 22 heavy (non-hydrogen) atoms. The number of carbonyl (C=O) groups excluding carboxylic acids is 1. The van der Waals surface area contributed by atoms with Gasteiger partial charge in [0.25, 0.3) is 0 Å². The van der Waals surface area contributed by atoms with Gasteiger partial charge >= 0.3 is 11.9 Å². The molecule has 0 aliphatic rings. The Kier molecular flexibility index (Phi) is 6.37. The predicted molar refractivity (Wildman–Crippen MR) is 81.5 cm³/mol. The van der Waals surface area contributed by atoms with E-state index in [9.17, 15) is 9.59 Å². The second-order valence-electron chi connectivity index (χ2n) is 6.01. The number of hydrogen-bond acceptors (Lipinski definition) is 5. The molecule has 6 heteroatoms. The number of carbonyl (C=O) groups is 2. The second-order valence-corrected chi connectivity index (χ2v) is 6.01. The molecule has 0 saturated heterocycles. The molecule has 0 heterocycles. The lowest BCUT2D eigenvalue weighted by atomic mass is 10.1. The van der Waals surface area contributed by atoms with Gasteiger partial charge in [0.2, 0.25) is 0 Å². The molecule has 0 aliphatic carbocycles. The van der Waals surface area contributed by atoms with Gasteiger partial charge in [-0.25, -0.2) is 0 Å². The van der Waals surface area contributed by atoms with Crippen molar-refractivity contribution in [1.82, 2.24) is 0 Å². The van der Waals surface area contributed by atoms with Crippen LogP contribution in [0.4, 0.5) is 0 Å². The highest BCUT2D eigenvalue weighted by atomic mass is 16.5. The zero-order valence-electron chi connectivity index (χ0n) is 13.2. The van der Waals surface area contributed by atoms with E-state index in [1.165, 1.54) is 0 Å². The molecule has 6 nitrogen and oxygen atoms in total. The van der Waals surface area contributed by atoms with Crippen molar-refractivity contribution in [2.75, 3.05) is 0 Å². The van der Waals surface area contributed by atoms with Crippen molar-refractivity contribution >= 4 is 11.9 Å². The zero-order valence-corrected chi connectivity index (χ0v) is 13.2. The molecule has 0 fully saturated rings. The van der Waals surface area contributed by atoms with Crippen LogP contribution in [-0.2, 0) is 20.9 Å². The van der Waals surface area contributed by atoms with Crippen LogP contribution in [0.1, 0.15) is 39.2 Å². The first-order valence-electron chi connectivity index (χ1n) is 7.09. The van der Waals surface area contributed by atoms with Crippen LogP contribution in [0.25, 0.3) is 0 Å². The molecular weight excluding hydrogens is 286 g/mol. The molecular formula is C16H23NO5. The third-order valence-corrected chi connectivity index (χ3v) is 2.70. The molecule has 122 valence electrons. The van der Waals surface area contributed by atoms with Crippen LogP contribution in [0.3, 0.4) is 0 Å². The maximum absolute atomic E-state index is 11.6. The number of carboxylic acids is 1. The molecule has 0 spiro atoms. The predicted octanol–water partition coefficient (Wildman–Crippen LogP) is 2.10. The summed E-state index contributed by atoms with van der Waals surface area (Å²) in [5.74, 6) is -0.896. The maximum atomic E-state index is 11.6. The highest BCUT2D eigenvalue weighted by molar-refractivity contribution is 5.75. The molecule has 1 atom stereocenters. The fraction of sp³-hybridized carbons (Fsp3) is 0.500. The number of hydrogen-bond donors (Lipinski definition) is 2. The average Bonchev–Trinajstić information content (AvgIpc) is 2.40. The summed E-state index contributed by atoms with van der Waals surface area (Å²) in [6, 6.07) is 6.25. The van der Waals surface area contributed by atoms with E-state index in [1.807, 2.05) is 45.0 Å². The molecule has 0 unspecified atom stereocenters. The molecule has 1 aromatic rings. The van der Waals surface area contributed by atoms with E-state index in [1.54, 1.807) is 0 Å². The molecule has 3 N–H and O–H groups in total. The number of benzene rings is 1. The highest BCUT2D eigenvalue weighted by Gasteiger charge is 2.15. The molecule has 1 aromatic carbocycles. The summed E-state index contributed by atoms with van der Waals surface area (Å²) in [6.07, 6.45) is 0.0347. The molecule has 0 amide bonds. The van der Waals surface area contributed by atoms with Crippen molar-refractivity contribution in [3.05, 3.63) is 29.8 Å². The number of rotatable bonds is 7. The van der Waals surface area contributed by atoms with Crippen LogP contribution < -0.4 is 10.5 Å². The van der Waals surface area contributed by atoms with Crippen molar-refractivity contribution < 1.29 is 24.2 Å². The van der Waals surface area contributed by atoms with Gasteiger partial charge in [-0.15, -0.1) is 0 Å². The van der Waals surface area contributed by atoms with Gasteiger partial charge in [-0.2, -0.15) is 0 Å².